The van der Waals surface area contributed by atoms with E-state index in [0.717, 1.165) is 4.47 Å². The van der Waals surface area contributed by atoms with E-state index in [1.807, 2.05) is 19.2 Å². The number of carbonyl (C=O) groups excluding carboxylic acids is 2. The minimum absolute atomic E-state index is 0.00981. The van der Waals surface area contributed by atoms with E-state index < -0.39 is 0 Å². The van der Waals surface area contributed by atoms with E-state index in [2.05, 4.69) is 26.6 Å². The fourth-order valence-electron chi connectivity index (χ4n) is 1.08. The summed E-state index contributed by atoms with van der Waals surface area (Å²) < 4.78 is 0.752. The Morgan fingerprint density at radius 3 is 2.65 bits per heavy atom. The Labute approximate surface area is 113 Å². The molecule has 17 heavy (non-hydrogen) atoms. The van der Waals surface area contributed by atoms with Gasteiger partial charge >= 0.3 is 0 Å². The molecule has 1 aromatic heterocycles. The molecule has 0 radical (unpaired) electrons. The van der Waals surface area contributed by atoms with Crippen molar-refractivity contribution in [2.45, 2.75) is 13.8 Å². The van der Waals surface area contributed by atoms with Crippen molar-refractivity contribution in [3.63, 3.8) is 0 Å². The summed E-state index contributed by atoms with van der Waals surface area (Å²) in [6, 6.07) is 1.80. The highest BCUT2D eigenvalue weighted by molar-refractivity contribution is 9.10. The molecule has 0 aromatic carbocycles. The first-order valence-electron chi connectivity index (χ1n) is 5.28. The van der Waals surface area contributed by atoms with Gasteiger partial charge in [0.15, 0.2) is 0 Å². The van der Waals surface area contributed by atoms with E-state index in [1.54, 1.807) is 6.07 Å². The second-order valence-corrected chi connectivity index (χ2v) is 5.75. The van der Waals surface area contributed by atoms with Gasteiger partial charge in [0, 0.05) is 11.0 Å². The molecule has 0 bridgehead atoms. The molecule has 0 aliphatic heterocycles. The average molecular weight is 319 g/mol. The molecule has 2 amide bonds. The fourth-order valence-corrected chi connectivity index (χ4v) is 2.54. The number of hydrogen-bond acceptors (Lipinski definition) is 3. The van der Waals surface area contributed by atoms with Crippen LogP contribution in [0.25, 0.3) is 0 Å². The Kier molecular flexibility index (Phi) is 5.64. The Morgan fingerprint density at radius 1 is 1.41 bits per heavy atom. The molecule has 0 spiro atoms. The Bertz CT molecular complexity index is 404. The molecule has 2 N–H and O–H groups in total. The van der Waals surface area contributed by atoms with Crippen molar-refractivity contribution in [1.29, 1.82) is 0 Å². The van der Waals surface area contributed by atoms with Gasteiger partial charge in [0.2, 0.25) is 5.91 Å². The Morgan fingerprint density at radius 2 is 2.12 bits per heavy atom. The van der Waals surface area contributed by atoms with Crippen LogP contribution < -0.4 is 10.6 Å². The zero-order chi connectivity index (χ0) is 12.8. The molecule has 0 atom stereocenters. The summed E-state index contributed by atoms with van der Waals surface area (Å²) in [5, 5.41) is 7.13. The van der Waals surface area contributed by atoms with Crippen molar-refractivity contribution in [3.8, 4) is 0 Å². The zero-order valence-corrected chi connectivity index (χ0v) is 12.2. The fraction of sp³-hybridized carbons (Fsp3) is 0.455. The number of halogens is 1. The van der Waals surface area contributed by atoms with E-state index in [1.165, 1.54) is 11.3 Å². The third-order valence-electron chi connectivity index (χ3n) is 1.94. The predicted octanol–water partition coefficient (Wildman–Crippen LogP) is 2.01. The van der Waals surface area contributed by atoms with Gasteiger partial charge in [-0.05, 0) is 33.3 Å². The maximum absolute atomic E-state index is 11.7. The standard InChI is InChI=1S/C11H15BrN2O2S/c1-7(2)5-13-9(15)6-14-11(16)10-8(12)3-4-17-10/h3-4,7H,5-6H2,1-2H3,(H,13,15)(H,14,16). The second-order valence-electron chi connectivity index (χ2n) is 3.98. The summed E-state index contributed by atoms with van der Waals surface area (Å²) in [6.07, 6.45) is 0. The van der Waals surface area contributed by atoms with E-state index in [4.69, 9.17) is 0 Å². The molecule has 1 heterocycles. The van der Waals surface area contributed by atoms with E-state index in [-0.39, 0.29) is 18.4 Å². The van der Waals surface area contributed by atoms with Crippen LogP contribution in [0, 0.1) is 5.92 Å². The van der Waals surface area contributed by atoms with Crippen LogP contribution in [0.2, 0.25) is 0 Å². The highest BCUT2D eigenvalue weighted by atomic mass is 79.9. The number of thiophene rings is 1. The summed E-state index contributed by atoms with van der Waals surface area (Å²) in [5.41, 5.74) is 0. The largest absolute Gasteiger partial charge is 0.354 e. The first-order chi connectivity index (χ1) is 8.00. The molecule has 0 aliphatic rings. The SMILES string of the molecule is CC(C)CNC(=O)CNC(=O)c1sccc1Br. The van der Waals surface area contributed by atoms with Crippen LogP contribution in [0.4, 0.5) is 0 Å². The van der Waals surface area contributed by atoms with Gasteiger partial charge in [0.25, 0.3) is 5.91 Å². The molecule has 6 heteroatoms. The summed E-state index contributed by atoms with van der Waals surface area (Å²) in [7, 11) is 0. The smallest absolute Gasteiger partial charge is 0.262 e. The lowest BCUT2D eigenvalue weighted by molar-refractivity contribution is -0.120. The lowest BCUT2D eigenvalue weighted by Gasteiger charge is -2.08. The van der Waals surface area contributed by atoms with Crippen molar-refractivity contribution >= 4 is 39.1 Å². The van der Waals surface area contributed by atoms with Crippen LogP contribution in [0.3, 0.4) is 0 Å². The third-order valence-corrected chi connectivity index (χ3v) is 3.78. The van der Waals surface area contributed by atoms with Crippen molar-refractivity contribution in [3.05, 3.63) is 20.8 Å². The number of rotatable bonds is 5. The number of hydrogen-bond donors (Lipinski definition) is 2. The van der Waals surface area contributed by atoms with Crippen LogP contribution >= 0.6 is 27.3 Å². The average Bonchev–Trinajstić information content (AvgIpc) is 2.69. The lowest BCUT2D eigenvalue weighted by Crippen LogP contribution is -2.38. The molecule has 0 fully saturated rings. The molecule has 4 nitrogen and oxygen atoms in total. The minimum Gasteiger partial charge on any atom is -0.354 e. The minimum atomic E-state index is -0.230. The van der Waals surface area contributed by atoms with Crippen molar-refractivity contribution in [1.82, 2.24) is 10.6 Å². The lowest BCUT2D eigenvalue weighted by atomic mass is 10.2. The molecule has 1 aromatic rings. The van der Waals surface area contributed by atoms with Gasteiger partial charge < -0.3 is 10.6 Å². The Balaban J connectivity index is 2.34. The third kappa shape index (κ3) is 4.87. The quantitative estimate of drug-likeness (QED) is 0.872. The van der Waals surface area contributed by atoms with E-state index in [9.17, 15) is 9.59 Å². The van der Waals surface area contributed by atoms with Gasteiger partial charge in [0.1, 0.15) is 4.88 Å². The molecular weight excluding hydrogens is 304 g/mol. The Hall–Kier alpha value is -0.880. The topological polar surface area (TPSA) is 58.2 Å². The van der Waals surface area contributed by atoms with Crippen LogP contribution in [-0.4, -0.2) is 24.9 Å². The van der Waals surface area contributed by atoms with Gasteiger partial charge in [0.05, 0.1) is 6.54 Å². The van der Waals surface area contributed by atoms with Gasteiger partial charge in [-0.3, -0.25) is 9.59 Å². The van der Waals surface area contributed by atoms with Crippen LogP contribution in [0.5, 0.6) is 0 Å². The maximum Gasteiger partial charge on any atom is 0.262 e. The molecule has 1 rings (SSSR count). The highest BCUT2D eigenvalue weighted by Crippen LogP contribution is 2.21. The number of carbonyl (C=O) groups is 2. The highest BCUT2D eigenvalue weighted by Gasteiger charge is 2.12. The number of nitrogens with one attached hydrogen (secondary N) is 2. The van der Waals surface area contributed by atoms with Crippen molar-refractivity contribution in [2.75, 3.05) is 13.1 Å². The number of amides is 2. The molecule has 0 unspecified atom stereocenters. The summed E-state index contributed by atoms with van der Waals surface area (Å²) in [5.74, 6) is 0.00684. The van der Waals surface area contributed by atoms with Crippen LogP contribution in [0.1, 0.15) is 23.5 Å². The summed E-state index contributed by atoms with van der Waals surface area (Å²) in [4.78, 5) is 23.6. The molecule has 0 saturated heterocycles. The van der Waals surface area contributed by atoms with E-state index in [0.29, 0.717) is 17.3 Å². The van der Waals surface area contributed by atoms with Gasteiger partial charge in [-0.2, -0.15) is 0 Å². The molecule has 0 aliphatic carbocycles. The first kappa shape index (κ1) is 14.2. The van der Waals surface area contributed by atoms with Crippen molar-refractivity contribution in [2.24, 2.45) is 5.92 Å². The van der Waals surface area contributed by atoms with E-state index >= 15 is 0 Å². The first-order valence-corrected chi connectivity index (χ1v) is 6.96. The normalized spacial score (nSPS) is 10.4. The molecule has 0 saturated carbocycles. The molecular formula is C11H15BrN2O2S. The predicted molar refractivity (Wildman–Crippen MR) is 72.2 cm³/mol. The van der Waals surface area contributed by atoms with Gasteiger partial charge in [-0.1, -0.05) is 13.8 Å². The van der Waals surface area contributed by atoms with Gasteiger partial charge in [-0.25, -0.2) is 0 Å². The van der Waals surface area contributed by atoms with Crippen LogP contribution in [-0.2, 0) is 4.79 Å². The monoisotopic (exact) mass is 318 g/mol. The van der Waals surface area contributed by atoms with Crippen molar-refractivity contribution < 1.29 is 9.59 Å². The summed E-state index contributed by atoms with van der Waals surface area (Å²) in [6.45, 7) is 4.66. The summed E-state index contributed by atoms with van der Waals surface area (Å²) >= 11 is 4.61. The second kappa shape index (κ2) is 6.76. The van der Waals surface area contributed by atoms with Crippen LogP contribution in [0.15, 0.2) is 15.9 Å². The van der Waals surface area contributed by atoms with Gasteiger partial charge in [-0.15, -0.1) is 11.3 Å². The molecule has 94 valence electrons. The zero-order valence-electron chi connectivity index (χ0n) is 9.75. The maximum atomic E-state index is 11.7.